The zero-order valence-corrected chi connectivity index (χ0v) is 16.6. The van der Waals surface area contributed by atoms with E-state index >= 15 is 0 Å². The third-order valence-electron chi connectivity index (χ3n) is 3.34. The van der Waals surface area contributed by atoms with Gasteiger partial charge in [-0.2, -0.15) is 0 Å². The van der Waals surface area contributed by atoms with Crippen molar-refractivity contribution in [1.29, 1.82) is 0 Å². The number of aromatic nitrogens is 2. The molecule has 25 heavy (non-hydrogen) atoms. The average molecular weight is 411 g/mol. The summed E-state index contributed by atoms with van der Waals surface area (Å²) in [4.78, 5) is 5.74. The van der Waals surface area contributed by atoms with Crippen LogP contribution in [0.15, 0.2) is 69.7 Å². The third kappa shape index (κ3) is 4.96. The highest BCUT2D eigenvalue weighted by molar-refractivity contribution is 7.99. The first-order valence-corrected chi connectivity index (χ1v) is 10.1. The summed E-state index contributed by atoms with van der Waals surface area (Å²) in [6.45, 7) is 0.365. The van der Waals surface area contributed by atoms with Crippen molar-refractivity contribution in [1.82, 2.24) is 9.55 Å². The molecule has 0 N–H and O–H groups in total. The topological polar surface area (TPSA) is 27.1 Å². The fraction of sp³-hybridized carbons (Fsp3) is 0.167. The lowest BCUT2D eigenvalue weighted by molar-refractivity contribution is 0.124. The van der Waals surface area contributed by atoms with Gasteiger partial charge in [-0.3, -0.25) is 4.57 Å². The number of rotatable bonds is 7. The smallest absolute Gasteiger partial charge is 0.172 e. The molecule has 0 bridgehead atoms. The molecule has 0 aliphatic carbocycles. The molecule has 130 valence electrons. The SMILES string of the molecule is COCn1c(SCc2ccccc2)nc(Sc2ccc(Cl)cc2)c1Cl. The van der Waals surface area contributed by atoms with Crippen molar-refractivity contribution in [3.8, 4) is 0 Å². The Kier molecular flexibility index (Phi) is 6.73. The van der Waals surface area contributed by atoms with Gasteiger partial charge in [0.1, 0.15) is 16.9 Å². The van der Waals surface area contributed by atoms with Crippen LogP contribution in [0.5, 0.6) is 0 Å². The van der Waals surface area contributed by atoms with Gasteiger partial charge >= 0.3 is 0 Å². The van der Waals surface area contributed by atoms with E-state index in [0.29, 0.717) is 16.9 Å². The maximum atomic E-state index is 6.53. The number of ether oxygens (including phenoxy) is 1. The second kappa shape index (κ2) is 9.01. The van der Waals surface area contributed by atoms with E-state index < -0.39 is 0 Å². The monoisotopic (exact) mass is 410 g/mol. The van der Waals surface area contributed by atoms with Gasteiger partial charge in [0, 0.05) is 22.8 Å². The lowest BCUT2D eigenvalue weighted by Crippen LogP contribution is -2.01. The Morgan fingerprint density at radius 1 is 1.04 bits per heavy atom. The normalized spacial score (nSPS) is 11.0. The largest absolute Gasteiger partial charge is 0.364 e. The molecule has 0 fully saturated rings. The van der Waals surface area contributed by atoms with Gasteiger partial charge in [-0.15, -0.1) is 0 Å². The first-order chi connectivity index (χ1) is 12.2. The van der Waals surface area contributed by atoms with Crippen LogP contribution in [-0.4, -0.2) is 16.7 Å². The molecule has 0 aliphatic heterocycles. The molecular weight excluding hydrogens is 395 g/mol. The van der Waals surface area contributed by atoms with Crippen molar-refractivity contribution in [2.75, 3.05) is 7.11 Å². The Balaban J connectivity index is 1.80. The van der Waals surface area contributed by atoms with Crippen LogP contribution in [0.1, 0.15) is 5.56 Å². The van der Waals surface area contributed by atoms with Crippen molar-refractivity contribution < 1.29 is 4.74 Å². The summed E-state index contributed by atoms with van der Waals surface area (Å²) in [5.41, 5.74) is 1.24. The minimum atomic E-state index is 0.365. The molecule has 0 saturated heterocycles. The molecular formula is C18H16Cl2N2OS2. The molecule has 3 aromatic rings. The van der Waals surface area contributed by atoms with Crippen LogP contribution in [0.25, 0.3) is 0 Å². The Morgan fingerprint density at radius 3 is 2.44 bits per heavy atom. The molecule has 0 amide bonds. The maximum Gasteiger partial charge on any atom is 0.172 e. The van der Waals surface area contributed by atoms with Crippen molar-refractivity contribution in [2.24, 2.45) is 0 Å². The van der Waals surface area contributed by atoms with Crippen molar-refractivity contribution >= 4 is 46.7 Å². The number of benzene rings is 2. The van der Waals surface area contributed by atoms with Gasteiger partial charge in [-0.05, 0) is 29.8 Å². The van der Waals surface area contributed by atoms with Crippen LogP contribution < -0.4 is 0 Å². The van der Waals surface area contributed by atoms with E-state index in [0.717, 1.165) is 20.8 Å². The van der Waals surface area contributed by atoms with E-state index in [2.05, 4.69) is 12.1 Å². The summed E-state index contributed by atoms with van der Waals surface area (Å²) >= 11 is 15.6. The van der Waals surface area contributed by atoms with Gasteiger partial charge < -0.3 is 4.74 Å². The summed E-state index contributed by atoms with van der Waals surface area (Å²) in [6.07, 6.45) is 0. The van der Waals surface area contributed by atoms with Gasteiger partial charge in [0.15, 0.2) is 5.16 Å². The molecule has 0 unspecified atom stereocenters. The molecule has 3 nitrogen and oxygen atoms in total. The molecule has 3 rings (SSSR count). The van der Waals surface area contributed by atoms with E-state index in [1.807, 2.05) is 47.0 Å². The van der Waals surface area contributed by atoms with Crippen LogP contribution in [0.2, 0.25) is 10.2 Å². The quantitative estimate of drug-likeness (QED) is 0.430. The average Bonchev–Trinajstić information content (AvgIpc) is 2.92. The number of nitrogens with zero attached hydrogens (tertiary/aromatic N) is 2. The number of methoxy groups -OCH3 is 1. The summed E-state index contributed by atoms with van der Waals surface area (Å²) in [7, 11) is 1.65. The molecule has 1 aromatic heterocycles. The fourth-order valence-corrected chi connectivity index (χ4v) is 4.43. The van der Waals surface area contributed by atoms with Crippen LogP contribution in [0, 0.1) is 0 Å². The summed E-state index contributed by atoms with van der Waals surface area (Å²) < 4.78 is 7.16. The van der Waals surface area contributed by atoms with Crippen molar-refractivity contribution in [2.45, 2.75) is 27.6 Å². The number of thioether (sulfide) groups is 1. The highest BCUT2D eigenvalue weighted by atomic mass is 35.5. The number of imidazole rings is 1. The predicted molar refractivity (Wildman–Crippen MR) is 106 cm³/mol. The minimum absolute atomic E-state index is 0.365. The summed E-state index contributed by atoms with van der Waals surface area (Å²) in [5, 5.41) is 2.89. The summed E-state index contributed by atoms with van der Waals surface area (Å²) in [6, 6.07) is 17.9. The third-order valence-corrected chi connectivity index (χ3v) is 6.12. The highest BCUT2D eigenvalue weighted by Crippen LogP contribution is 2.37. The molecule has 1 heterocycles. The number of hydrogen-bond donors (Lipinski definition) is 0. The lowest BCUT2D eigenvalue weighted by Gasteiger charge is -2.07. The molecule has 0 saturated carbocycles. The van der Waals surface area contributed by atoms with Gasteiger partial charge in [0.2, 0.25) is 0 Å². The molecule has 0 spiro atoms. The minimum Gasteiger partial charge on any atom is -0.364 e. The van der Waals surface area contributed by atoms with Gasteiger partial charge in [-0.25, -0.2) is 4.98 Å². The molecule has 0 radical (unpaired) electrons. The van der Waals surface area contributed by atoms with E-state index in [-0.39, 0.29) is 0 Å². The van der Waals surface area contributed by atoms with Gasteiger partial charge in [0.05, 0.1) is 0 Å². The Bertz CT molecular complexity index is 823. The number of halogens is 2. The first kappa shape index (κ1) is 18.7. The van der Waals surface area contributed by atoms with Gasteiger partial charge in [0.25, 0.3) is 0 Å². The molecule has 2 aromatic carbocycles. The zero-order chi connectivity index (χ0) is 17.6. The maximum absolute atomic E-state index is 6.53. The molecule has 7 heteroatoms. The Hall–Kier alpha value is -1.11. The second-order valence-corrected chi connectivity index (χ2v) is 7.97. The first-order valence-electron chi connectivity index (χ1n) is 7.52. The highest BCUT2D eigenvalue weighted by Gasteiger charge is 2.17. The lowest BCUT2D eigenvalue weighted by atomic mass is 10.2. The van der Waals surface area contributed by atoms with E-state index in [9.17, 15) is 0 Å². The fourth-order valence-electron chi connectivity index (χ4n) is 2.15. The standard InChI is InChI=1S/C18H16Cl2N2OS2/c1-23-12-22-16(20)17(25-15-9-7-14(19)8-10-15)21-18(22)24-11-13-5-3-2-4-6-13/h2-10H,11-12H2,1H3. The molecule has 0 aliphatic rings. The van der Waals surface area contributed by atoms with Gasteiger partial charge in [-0.1, -0.05) is 77.1 Å². The second-order valence-electron chi connectivity index (χ2n) is 5.17. The van der Waals surface area contributed by atoms with E-state index in [4.69, 9.17) is 32.9 Å². The Morgan fingerprint density at radius 2 is 1.76 bits per heavy atom. The van der Waals surface area contributed by atoms with Crippen LogP contribution in [0.4, 0.5) is 0 Å². The van der Waals surface area contributed by atoms with Crippen molar-refractivity contribution in [3.63, 3.8) is 0 Å². The number of hydrogen-bond acceptors (Lipinski definition) is 4. The Labute approximate surface area is 165 Å². The van der Waals surface area contributed by atoms with Crippen LogP contribution in [0.3, 0.4) is 0 Å². The molecule has 0 atom stereocenters. The van der Waals surface area contributed by atoms with E-state index in [1.54, 1.807) is 18.9 Å². The zero-order valence-electron chi connectivity index (χ0n) is 13.5. The van der Waals surface area contributed by atoms with Crippen LogP contribution in [-0.2, 0) is 17.2 Å². The van der Waals surface area contributed by atoms with Crippen LogP contribution >= 0.6 is 46.7 Å². The predicted octanol–water partition coefficient (Wildman–Crippen LogP) is 6.24. The summed E-state index contributed by atoms with van der Waals surface area (Å²) in [5.74, 6) is 0.822. The van der Waals surface area contributed by atoms with E-state index in [1.165, 1.54) is 17.3 Å². The van der Waals surface area contributed by atoms with Crippen molar-refractivity contribution in [3.05, 3.63) is 70.3 Å².